The van der Waals surface area contributed by atoms with Crippen molar-refractivity contribution in [2.45, 2.75) is 26.4 Å². The second-order valence-corrected chi connectivity index (χ2v) is 4.57. The molecule has 7 heteroatoms. The number of aromatic nitrogens is 2. The number of halogens is 3. The van der Waals surface area contributed by atoms with Gasteiger partial charge in [0.2, 0.25) is 5.95 Å². The van der Waals surface area contributed by atoms with Crippen molar-refractivity contribution in [3.63, 3.8) is 0 Å². The van der Waals surface area contributed by atoms with Crippen LogP contribution in [0.25, 0.3) is 0 Å². The zero-order valence-electron chi connectivity index (χ0n) is 10.6. The number of nitrogen functional groups attached to an aromatic ring is 1. The van der Waals surface area contributed by atoms with Gasteiger partial charge in [-0.15, -0.1) is 0 Å². The van der Waals surface area contributed by atoms with Crippen LogP contribution in [0.5, 0.6) is 0 Å². The maximum absolute atomic E-state index is 12.6. The molecule has 0 unspecified atom stereocenters. The molecule has 1 rings (SSSR count). The van der Waals surface area contributed by atoms with Crippen LogP contribution >= 0.6 is 0 Å². The van der Waals surface area contributed by atoms with Crippen LogP contribution in [0.2, 0.25) is 0 Å². The van der Waals surface area contributed by atoms with E-state index < -0.39 is 11.9 Å². The summed E-state index contributed by atoms with van der Waals surface area (Å²) in [5.41, 5.74) is 4.29. The molecule has 0 spiro atoms. The molecule has 0 bridgehead atoms. The third-order valence-corrected chi connectivity index (χ3v) is 2.45. The predicted octanol–water partition coefficient (Wildman–Crippen LogP) is 2.56. The van der Waals surface area contributed by atoms with Gasteiger partial charge in [0.15, 0.2) is 5.69 Å². The number of nitrogens with zero attached hydrogens (tertiary/aromatic N) is 3. The van der Waals surface area contributed by atoms with E-state index in [0.717, 1.165) is 12.5 Å². The summed E-state index contributed by atoms with van der Waals surface area (Å²) in [6.07, 6.45) is -3.65. The molecule has 18 heavy (non-hydrogen) atoms. The molecule has 2 N–H and O–H groups in total. The van der Waals surface area contributed by atoms with Crippen LogP contribution in [0.4, 0.5) is 24.9 Å². The highest BCUT2D eigenvalue weighted by Crippen LogP contribution is 2.29. The molecule has 0 aliphatic heterocycles. The zero-order valence-corrected chi connectivity index (χ0v) is 10.6. The molecule has 1 aromatic heterocycles. The monoisotopic (exact) mass is 262 g/mol. The molecule has 0 radical (unpaired) electrons. The van der Waals surface area contributed by atoms with Crippen LogP contribution in [-0.4, -0.2) is 23.6 Å². The van der Waals surface area contributed by atoms with Crippen LogP contribution in [-0.2, 0) is 6.18 Å². The molecule has 0 aliphatic carbocycles. The van der Waals surface area contributed by atoms with Gasteiger partial charge in [0.05, 0.1) is 0 Å². The lowest BCUT2D eigenvalue weighted by atomic mass is 10.1. The number of rotatable bonds is 4. The van der Waals surface area contributed by atoms with Gasteiger partial charge in [0.25, 0.3) is 0 Å². The first-order valence-electron chi connectivity index (χ1n) is 5.63. The minimum absolute atomic E-state index is 0.190. The van der Waals surface area contributed by atoms with Crippen LogP contribution in [0.15, 0.2) is 6.07 Å². The first-order valence-corrected chi connectivity index (χ1v) is 5.63. The molecule has 102 valence electrons. The first kappa shape index (κ1) is 14.5. The Kier molecular flexibility index (Phi) is 4.37. The lowest BCUT2D eigenvalue weighted by molar-refractivity contribution is -0.141. The Hall–Kier alpha value is -1.53. The zero-order chi connectivity index (χ0) is 13.9. The van der Waals surface area contributed by atoms with Gasteiger partial charge in [-0.2, -0.15) is 18.2 Å². The largest absolute Gasteiger partial charge is 0.433 e. The standard InChI is InChI=1S/C11H17F3N4/c1-7(2)4-5-18(3)9-6-8(11(12,13)14)16-10(15)17-9/h6-7H,4-5H2,1-3H3,(H2,15,16,17). The van der Waals surface area contributed by atoms with E-state index in [1.165, 1.54) is 0 Å². The molecule has 1 aromatic rings. The van der Waals surface area contributed by atoms with Crippen molar-refractivity contribution in [2.24, 2.45) is 5.92 Å². The lowest BCUT2D eigenvalue weighted by Gasteiger charge is -2.20. The number of hydrogen-bond donors (Lipinski definition) is 1. The van der Waals surface area contributed by atoms with Crippen molar-refractivity contribution in [2.75, 3.05) is 24.2 Å². The topological polar surface area (TPSA) is 55.0 Å². The fourth-order valence-electron chi connectivity index (χ4n) is 1.36. The number of hydrogen-bond acceptors (Lipinski definition) is 4. The third-order valence-electron chi connectivity index (χ3n) is 2.45. The van der Waals surface area contributed by atoms with Crippen LogP contribution in [0, 0.1) is 5.92 Å². The van der Waals surface area contributed by atoms with E-state index in [-0.39, 0.29) is 11.8 Å². The van der Waals surface area contributed by atoms with Crippen molar-refractivity contribution in [3.8, 4) is 0 Å². The van der Waals surface area contributed by atoms with Gasteiger partial charge < -0.3 is 10.6 Å². The smallest absolute Gasteiger partial charge is 0.368 e. The van der Waals surface area contributed by atoms with Crippen molar-refractivity contribution in [1.82, 2.24) is 9.97 Å². The summed E-state index contributed by atoms with van der Waals surface area (Å²) in [4.78, 5) is 8.66. The van der Waals surface area contributed by atoms with Gasteiger partial charge in [-0.3, -0.25) is 0 Å². The van der Waals surface area contributed by atoms with E-state index in [2.05, 4.69) is 9.97 Å². The summed E-state index contributed by atoms with van der Waals surface area (Å²) in [6.45, 7) is 4.71. The Bertz CT molecular complexity index is 404. The fourth-order valence-corrected chi connectivity index (χ4v) is 1.36. The molecule has 0 fully saturated rings. The average Bonchev–Trinajstić information content (AvgIpc) is 2.23. The molecule has 0 amide bonds. The Labute approximate surface area is 104 Å². The Morgan fingerprint density at radius 1 is 1.33 bits per heavy atom. The van der Waals surface area contributed by atoms with Crippen molar-refractivity contribution >= 4 is 11.8 Å². The van der Waals surface area contributed by atoms with E-state index in [1.54, 1.807) is 11.9 Å². The van der Waals surface area contributed by atoms with E-state index in [9.17, 15) is 13.2 Å². The van der Waals surface area contributed by atoms with Gasteiger partial charge in [-0.05, 0) is 12.3 Å². The molecule has 0 atom stereocenters. The summed E-state index contributed by atoms with van der Waals surface area (Å²) in [5.74, 6) is 0.292. The van der Waals surface area contributed by atoms with E-state index in [0.29, 0.717) is 12.5 Å². The second-order valence-electron chi connectivity index (χ2n) is 4.57. The first-order chi connectivity index (χ1) is 8.20. The quantitative estimate of drug-likeness (QED) is 0.906. The normalized spacial score (nSPS) is 11.9. The van der Waals surface area contributed by atoms with Crippen LogP contribution in [0.1, 0.15) is 26.0 Å². The van der Waals surface area contributed by atoms with Crippen molar-refractivity contribution in [3.05, 3.63) is 11.8 Å². The maximum Gasteiger partial charge on any atom is 0.433 e. The van der Waals surface area contributed by atoms with E-state index in [4.69, 9.17) is 5.73 Å². The Balaban J connectivity index is 2.92. The molecule has 0 saturated heterocycles. The third kappa shape index (κ3) is 4.05. The Morgan fingerprint density at radius 2 is 1.94 bits per heavy atom. The second kappa shape index (κ2) is 5.41. The molecule has 4 nitrogen and oxygen atoms in total. The summed E-state index contributed by atoms with van der Waals surface area (Å²) < 4.78 is 37.7. The molecule has 0 aromatic carbocycles. The summed E-state index contributed by atoms with van der Waals surface area (Å²) >= 11 is 0. The summed E-state index contributed by atoms with van der Waals surface area (Å²) in [6, 6.07) is 0.913. The maximum atomic E-state index is 12.6. The molecule has 1 heterocycles. The number of anilines is 2. The number of alkyl halides is 3. The lowest BCUT2D eigenvalue weighted by Crippen LogP contribution is -2.23. The molecular formula is C11H17F3N4. The van der Waals surface area contributed by atoms with Gasteiger partial charge in [-0.1, -0.05) is 13.8 Å². The fraction of sp³-hybridized carbons (Fsp3) is 0.636. The van der Waals surface area contributed by atoms with Crippen molar-refractivity contribution in [1.29, 1.82) is 0 Å². The predicted molar refractivity (Wildman–Crippen MR) is 64.2 cm³/mol. The average molecular weight is 262 g/mol. The van der Waals surface area contributed by atoms with E-state index >= 15 is 0 Å². The summed E-state index contributed by atoms with van der Waals surface area (Å²) in [5, 5.41) is 0. The number of nitrogens with two attached hydrogens (primary N) is 1. The van der Waals surface area contributed by atoms with Crippen molar-refractivity contribution < 1.29 is 13.2 Å². The molecule has 0 saturated carbocycles. The van der Waals surface area contributed by atoms with E-state index in [1.807, 2.05) is 13.8 Å². The van der Waals surface area contributed by atoms with Crippen LogP contribution < -0.4 is 10.6 Å². The SMILES string of the molecule is CC(C)CCN(C)c1cc(C(F)(F)F)nc(N)n1. The molecule has 0 aliphatic rings. The minimum atomic E-state index is -4.51. The van der Waals surface area contributed by atoms with Gasteiger partial charge in [-0.25, -0.2) is 4.98 Å². The Morgan fingerprint density at radius 3 is 2.44 bits per heavy atom. The van der Waals surface area contributed by atoms with Crippen LogP contribution in [0.3, 0.4) is 0 Å². The van der Waals surface area contributed by atoms with Gasteiger partial charge >= 0.3 is 6.18 Å². The highest BCUT2D eigenvalue weighted by Gasteiger charge is 2.33. The summed E-state index contributed by atoms with van der Waals surface area (Å²) in [7, 11) is 1.68. The van der Waals surface area contributed by atoms with Gasteiger partial charge in [0.1, 0.15) is 5.82 Å². The molecular weight excluding hydrogens is 245 g/mol. The minimum Gasteiger partial charge on any atom is -0.368 e. The van der Waals surface area contributed by atoms with Gasteiger partial charge in [0, 0.05) is 19.7 Å². The highest BCUT2D eigenvalue weighted by atomic mass is 19.4. The highest BCUT2D eigenvalue weighted by molar-refractivity contribution is 5.43.